The Bertz CT molecular complexity index is 718. The fourth-order valence-corrected chi connectivity index (χ4v) is 2.38. The van der Waals surface area contributed by atoms with Gasteiger partial charge in [-0.2, -0.15) is 0 Å². The first-order chi connectivity index (χ1) is 9.65. The maximum atomic E-state index is 10.5. The molecule has 0 aliphatic rings. The van der Waals surface area contributed by atoms with Crippen LogP contribution in [0.5, 0.6) is 0 Å². The molecule has 1 aromatic carbocycles. The summed E-state index contributed by atoms with van der Waals surface area (Å²) in [6, 6.07) is 13.6. The van der Waals surface area contributed by atoms with Crippen molar-refractivity contribution in [2.24, 2.45) is 0 Å². The van der Waals surface area contributed by atoms with Crippen LogP contribution in [0.3, 0.4) is 0 Å². The molecule has 0 aliphatic carbocycles. The van der Waals surface area contributed by atoms with E-state index in [0.29, 0.717) is 5.76 Å². The molecule has 0 saturated heterocycles. The largest absolute Gasteiger partial charge is 0.458 e. The third-order valence-electron chi connectivity index (χ3n) is 3.61. The van der Waals surface area contributed by atoms with Gasteiger partial charge in [0.05, 0.1) is 0 Å². The predicted molar refractivity (Wildman–Crippen MR) is 78.6 cm³/mol. The molecular weight excluding hydrogens is 250 g/mol. The van der Waals surface area contributed by atoms with Gasteiger partial charge in [0.15, 0.2) is 0 Å². The Morgan fingerprint density at radius 3 is 2.75 bits per heavy atom. The number of nitrogens with zero attached hydrogens (tertiary/aromatic N) is 1. The number of aliphatic hydroxyl groups excluding tert-OH is 1. The van der Waals surface area contributed by atoms with Crippen molar-refractivity contribution in [3.05, 3.63) is 65.7 Å². The van der Waals surface area contributed by atoms with Gasteiger partial charge >= 0.3 is 0 Å². The number of benzene rings is 1. The van der Waals surface area contributed by atoms with Crippen molar-refractivity contribution in [2.45, 2.75) is 25.9 Å². The van der Waals surface area contributed by atoms with Crippen LogP contribution in [0.1, 0.15) is 36.0 Å². The fourth-order valence-electron chi connectivity index (χ4n) is 2.38. The highest BCUT2D eigenvalue weighted by Crippen LogP contribution is 2.33. The number of hydrogen-bond acceptors (Lipinski definition) is 3. The molecule has 2 aromatic heterocycles. The Morgan fingerprint density at radius 2 is 2.00 bits per heavy atom. The van der Waals surface area contributed by atoms with Gasteiger partial charge in [-0.05, 0) is 37.3 Å². The summed E-state index contributed by atoms with van der Waals surface area (Å²) in [5, 5.41) is 11.5. The number of rotatable bonds is 3. The van der Waals surface area contributed by atoms with Crippen molar-refractivity contribution in [1.29, 1.82) is 0 Å². The highest BCUT2D eigenvalue weighted by atomic mass is 16.4. The molecule has 3 nitrogen and oxygen atoms in total. The van der Waals surface area contributed by atoms with Crippen molar-refractivity contribution in [2.75, 3.05) is 0 Å². The van der Waals surface area contributed by atoms with E-state index >= 15 is 0 Å². The molecule has 102 valence electrons. The molecule has 2 unspecified atom stereocenters. The monoisotopic (exact) mass is 267 g/mol. The van der Waals surface area contributed by atoms with Crippen LogP contribution in [0.2, 0.25) is 0 Å². The summed E-state index contributed by atoms with van der Waals surface area (Å²) in [6.07, 6.45) is 1.04. The summed E-state index contributed by atoms with van der Waals surface area (Å²) in [5.41, 5.74) is 2.84. The lowest BCUT2D eigenvalue weighted by molar-refractivity contribution is 0.126. The van der Waals surface area contributed by atoms with E-state index < -0.39 is 6.10 Å². The number of aromatic nitrogens is 1. The highest BCUT2D eigenvalue weighted by Gasteiger charge is 2.22. The van der Waals surface area contributed by atoms with Gasteiger partial charge in [0.2, 0.25) is 0 Å². The number of hydrogen-bond donors (Lipinski definition) is 1. The van der Waals surface area contributed by atoms with E-state index in [-0.39, 0.29) is 5.92 Å². The molecule has 3 aromatic rings. The van der Waals surface area contributed by atoms with Crippen molar-refractivity contribution >= 4 is 11.0 Å². The van der Waals surface area contributed by atoms with Gasteiger partial charge < -0.3 is 9.52 Å². The standard InChI is InChI=1S/C17H17NO2/c1-11-6-7-15-13(9-11)10-16(20-15)17(19)12(2)14-5-3-4-8-18-14/h3-10,12,17,19H,1-2H3. The molecule has 1 N–H and O–H groups in total. The molecule has 0 fully saturated rings. The van der Waals surface area contributed by atoms with Crippen LogP contribution in [-0.4, -0.2) is 10.1 Å². The maximum absolute atomic E-state index is 10.5. The highest BCUT2D eigenvalue weighted by molar-refractivity contribution is 5.78. The third kappa shape index (κ3) is 2.32. The van der Waals surface area contributed by atoms with Crippen molar-refractivity contribution in [3.63, 3.8) is 0 Å². The quantitative estimate of drug-likeness (QED) is 0.781. The molecule has 2 atom stereocenters. The first-order valence-electron chi connectivity index (χ1n) is 6.74. The average Bonchev–Trinajstić information content (AvgIpc) is 2.89. The van der Waals surface area contributed by atoms with E-state index in [9.17, 15) is 5.11 Å². The summed E-state index contributed by atoms with van der Waals surface area (Å²) in [6.45, 7) is 3.99. The van der Waals surface area contributed by atoms with E-state index in [4.69, 9.17) is 4.42 Å². The zero-order valence-corrected chi connectivity index (χ0v) is 11.6. The van der Waals surface area contributed by atoms with Gasteiger partial charge in [0, 0.05) is 23.2 Å². The molecule has 0 bridgehead atoms. The van der Waals surface area contributed by atoms with Crippen LogP contribution >= 0.6 is 0 Å². The number of aryl methyl sites for hydroxylation is 1. The van der Waals surface area contributed by atoms with Gasteiger partial charge in [-0.25, -0.2) is 0 Å². The SMILES string of the molecule is Cc1ccc2oc(C(O)C(C)c3ccccn3)cc2c1. The summed E-state index contributed by atoms with van der Waals surface area (Å²) in [4.78, 5) is 4.29. The average molecular weight is 267 g/mol. The zero-order valence-electron chi connectivity index (χ0n) is 11.6. The van der Waals surface area contributed by atoms with Crippen molar-refractivity contribution in [1.82, 2.24) is 4.98 Å². The minimum atomic E-state index is -0.697. The van der Waals surface area contributed by atoms with Crippen molar-refractivity contribution in [3.8, 4) is 0 Å². The molecule has 0 saturated carbocycles. The number of fused-ring (bicyclic) bond motifs is 1. The van der Waals surface area contributed by atoms with Crippen molar-refractivity contribution < 1.29 is 9.52 Å². The van der Waals surface area contributed by atoms with Crippen LogP contribution < -0.4 is 0 Å². The molecule has 0 radical (unpaired) electrons. The number of aliphatic hydroxyl groups is 1. The topological polar surface area (TPSA) is 46.3 Å². The summed E-state index contributed by atoms with van der Waals surface area (Å²) in [5.74, 6) is 0.474. The molecule has 0 spiro atoms. The third-order valence-corrected chi connectivity index (χ3v) is 3.61. The molecule has 20 heavy (non-hydrogen) atoms. The smallest absolute Gasteiger partial charge is 0.134 e. The lowest BCUT2D eigenvalue weighted by atomic mass is 9.98. The first-order valence-corrected chi connectivity index (χ1v) is 6.74. The molecule has 3 heteroatoms. The van der Waals surface area contributed by atoms with E-state index in [2.05, 4.69) is 11.1 Å². The molecule has 2 heterocycles. The molecule has 3 rings (SSSR count). The van der Waals surface area contributed by atoms with E-state index in [1.807, 2.05) is 50.2 Å². The Morgan fingerprint density at radius 1 is 1.15 bits per heavy atom. The Labute approximate surface area is 117 Å². The summed E-state index contributed by atoms with van der Waals surface area (Å²) < 4.78 is 5.75. The lowest BCUT2D eigenvalue weighted by Crippen LogP contribution is -2.08. The Balaban J connectivity index is 1.94. The summed E-state index contributed by atoms with van der Waals surface area (Å²) in [7, 11) is 0. The maximum Gasteiger partial charge on any atom is 0.134 e. The van der Waals surface area contributed by atoms with E-state index in [1.54, 1.807) is 6.20 Å². The number of pyridine rings is 1. The van der Waals surface area contributed by atoms with Gasteiger partial charge in [0.1, 0.15) is 17.4 Å². The van der Waals surface area contributed by atoms with Crippen LogP contribution in [0.25, 0.3) is 11.0 Å². The normalized spacial score (nSPS) is 14.3. The summed E-state index contributed by atoms with van der Waals surface area (Å²) >= 11 is 0. The lowest BCUT2D eigenvalue weighted by Gasteiger charge is -2.15. The van der Waals surface area contributed by atoms with Crippen LogP contribution in [-0.2, 0) is 0 Å². The van der Waals surface area contributed by atoms with Crippen LogP contribution in [0.4, 0.5) is 0 Å². The molecule has 0 aliphatic heterocycles. The predicted octanol–water partition coefficient (Wildman–Crippen LogP) is 3.97. The Hall–Kier alpha value is -2.13. The van der Waals surface area contributed by atoms with Gasteiger partial charge in [-0.3, -0.25) is 4.98 Å². The molecule has 0 amide bonds. The van der Waals surface area contributed by atoms with E-state index in [1.165, 1.54) is 5.56 Å². The van der Waals surface area contributed by atoms with Gasteiger partial charge in [-0.15, -0.1) is 0 Å². The second kappa shape index (κ2) is 5.10. The zero-order chi connectivity index (χ0) is 14.1. The molecular formula is C17H17NO2. The Kier molecular flexibility index (Phi) is 3.28. The van der Waals surface area contributed by atoms with Gasteiger partial charge in [0.25, 0.3) is 0 Å². The minimum absolute atomic E-state index is 0.113. The minimum Gasteiger partial charge on any atom is -0.458 e. The van der Waals surface area contributed by atoms with Gasteiger partial charge in [-0.1, -0.05) is 24.6 Å². The second-order valence-corrected chi connectivity index (χ2v) is 5.18. The van der Waals surface area contributed by atoms with Crippen LogP contribution in [0.15, 0.2) is 53.1 Å². The van der Waals surface area contributed by atoms with E-state index in [0.717, 1.165) is 16.7 Å². The number of furan rings is 1. The first kappa shape index (κ1) is 12.9. The second-order valence-electron chi connectivity index (χ2n) is 5.18. The van der Waals surface area contributed by atoms with Crippen LogP contribution in [0, 0.1) is 6.92 Å². The fraction of sp³-hybridized carbons (Fsp3) is 0.235.